The van der Waals surface area contributed by atoms with Crippen molar-refractivity contribution in [2.45, 2.75) is 0 Å². The number of esters is 2. The fourth-order valence-electron chi connectivity index (χ4n) is 1.76. The van der Waals surface area contributed by atoms with E-state index in [2.05, 4.69) is 10.6 Å². The highest BCUT2D eigenvalue weighted by Crippen LogP contribution is 2.08. The Morgan fingerprint density at radius 2 is 1.18 bits per heavy atom. The normalized spacial score (nSPS) is 10.0. The Morgan fingerprint density at radius 1 is 0.750 bits per heavy atom. The van der Waals surface area contributed by atoms with Crippen LogP contribution < -0.4 is 10.6 Å². The van der Waals surface area contributed by atoms with Crippen LogP contribution in [-0.2, 0) is 23.9 Å². The van der Waals surface area contributed by atoms with E-state index in [1.807, 2.05) is 0 Å². The first-order valence-electron chi connectivity index (χ1n) is 7.92. The number of ether oxygens (including phenoxy) is 2. The molecule has 28 heavy (non-hydrogen) atoms. The van der Waals surface area contributed by atoms with E-state index in [1.54, 1.807) is 35.0 Å². The maximum Gasteiger partial charge on any atom is 0.325 e. The maximum atomic E-state index is 11.6. The quantitative estimate of drug-likeness (QED) is 0.535. The lowest BCUT2D eigenvalue weighted by molar-refractivity contribution is -0.152. The van der Waals surface area contributed by atoms with Crippen LogP contribution in [0.1, 0.15) is 19.3 Å². The molecule has 0 unspecified atom stereocenters. The number of carbonyl (C=O) groups is 5. The SMILES string of the molecule is O=C(COC(=O)CNC(=O)c1cccs1)COC(=O)CNC(=O)c1cccs1. The van der Waals surface area contributed by atoms with Gasteiger partial charge in [0, 0.05) is 0 Å². The molecule has 11 heteroatoms. The predicted octanol–water partition coefficient (Wildman–Crippen LogP) is 0.625. The van der Waals surface area contributed by atoms with Crippen molar-refractivity contribution in [3.05, 3.63) is 44.8 Å². The summed E-state index contributed by atoms with van der Waals surface area (Å²) in [5.74, 6) is -3.08. The highest BCUT2D eigenvalue weighted by Gasteiger charge is 2.14. The van der Waals surface area contributed by atoms with Gasteiger partial charge < -0.3 is 20.1 Å². The molecule has 2 rings (SSSR count). The number of carbonyl (C=O) groups excluding carboxylic acids is 5. The summed E-state index contributed by atoms with van der Waals surface area (Å²) >= 11 is 2.45. The van der Waals surface area contributed by atoms with E-state index >= 15 is 0 Å². The number of hydrogen-bond acceptors (Lipinski definition) is 9. The first-order chi connectivity index (χ1) is 13.5. The molecule has 0 saturated heterocycles. The number of hydrogen-bond donors (Lipinski definition) is 2. The van der Waals surface area contributed by atoms with Crippen LogP contribution in [0.4, 0.5) is 0 Å². The summed E-state index contributed by atoms with van der Waals surface area (Å²) in [6, 6.07) is 6.61. The molecule has 0 aliphatic heterocycles. The minimum atomic E-state index is -0.798. The van der Waals surface area contributed by atoms with Crippen LogP contribution in [0.3, 0.4) is 0 Å². The van der Waals surface area contributed by atoms with Gasteiger partial charge in [0.1, 0.15) is 13.1 Å². The van der Waals surface area contributed by atoms with Crippen molar-refractivity contribution in [1.29, 1.82) is 0 Å². The molecular weight excluding hydrogens is 408 g/mol. The Hall–Kier alpha value is -3.05. The molecule has 0 atom stereocenters. The molecule has 0 fully saturated rings. The predicted molar refractivity (Wildman–Crippen MR) is 100 cm³/mol. The Kier molecular flexibility index (Phi) is 8.31. The fourth-order valence-corrected chi connectivity index (χ4v) is 3.04. The largest absolute Gasteiger partial charge is 0.456 e. The number of amides is 2. The summed E-state index contributed by atoms with van der Waals surface area (Å²) in [7, 11) is 0. The van der Waals surface area contributed by atoms with Crippen LogP contribution in [0.5, 0.6) is 0 Å². The number of nitrogens with one attached hydrogen (secondary N) is 2. The van der Waals surface area contributed by atoms with Gasteiger partial charge in [-0.15, -0.1) is 22.7 Å². The van der Waals surface area contributed by atoms with E-state index in [0.29, 0.717) is 9.75 Å². The molecular formula is C17H16N2O7S2. The van der Waals surface area contributed by atoms with E-state index in [4.69, 9.17) is 9.47 Å². The third-order valence-electron chi connectivity index (χ3n) is 3.06. The minimum absolute atomic E-state index is 0.390. The van der Waals surface area contributed by atoms with Crippen LogP contribution in [0.15, 0.2) is 35.0 Å². The van der Waals surface area contributed by atoms with Crippen LogP contribution in [-0.4, -0.2) is 55.8 Å². The number of ketones is 1. The topological polar surface area (TPSA) is 128 Å². The standard InChI is InChI=1S/C17H16N2O7S2/c20-11(9-25-14(21)7-18-16(23)12-3-1-5-27-12)10-26-15(22)8-19-17(24)13-4-2-6-28-13/h1-6H,7-10H2,(H,18,23)(H,19,24). The van der Waals surface area contributed by atoms with Crippen molar-refractivity contribution >= 4 is 52.2 Å². The van der Waals surface area contributed by atoms with E-state index in [-0.39, 0.29) is 0 Å². The summed E-state index contributed by atoms with van der Waals surface area (Å²) < 4.78 is 9.38. The molecule has 0 radical (unpaired) electrons. The molecule has 148 valence electrons. The van der Waals surface area contributed by atoms with E-state index in [9.17, 15) is 24.0 Å². The lowest BCUT2D eigenvalue weighted by atomic mass is 10.4. The van der Waals surface area contributed by atoms with Crippen LogP contribution in [0.25, 0.3) is 0 Å². The molecule has 0 aliphatic rings. The zero-order valence-electron chi connectivity index (χ0n) is 14.5. The molecule has 0 saturated carbocycles. The second-order valence-corrected chi connectivity index (χ2v) is 7.08. The Labute approximate surface area is 167 Å². The zero-order chi connectivity index (χ0) is 20.4. The second kappa shape index (κ2) is 10.9. The van der Waals surface area contributed by atoms with Crippen molar-refractivity contribution in [2.75, 3.05) is 26.3 Å². The average molecular weight is 424 g/mol. The fraction of sp³-hybridized carbons (Fsp3) is 0.235. The lowest BCUT2D eigenvalue weighted by Crippen LogP contribution is -2.33. The van der Waals surface area contributed by atoms with Crippen molar-refractivity contribution < 1.29 is 33.4 Å². The van der Waals surface area contributed by atoms with Crippen LogP contribution >= 0.6 is 22.7 Å². The molecule has 2 aromatic heterocycles. The minimum Gasteiger partial charge on any atom is -0.456 e. The monoisotopic (exact) mass is 424 g/mol. The van der Waals surface area contributed by atoms with E-state index < -0.39 is 55.8 Å². The third kappa shape index (κ3) is 7.29. The average Bonchev–Trinajstić information content (AvgIpc) is 3.40. The number of Topliss-reactive ketones (excluding diaryl/α,β-unsaturated/α-hetero) is 1. The summed E-state index contributed by atoms with van der Waals surface area (Å²) in [5, 5.41) is 8.16. The van der Waals surface area contributed by atoms with Gasteiger partial charge in [-0.05, 0) is 22.9 Å². The van der Waals surface area contributed by atoms with Crippen molar-refractivity contribution in [3.8, 4) is 0 Å². The number of rotatable bonds is 10. The molecule has 2 aromatic rings. The summed E-state index contributed by atoms with van der Waals surface area (Å²) in [4.78, 5) is 58.8. The lowest BCUT2D eigenvalue weighted by Gasteiger charge is -2.07. The molecule has 9 nitrogen and oxygen atoms in total. The van der Waals surface area contributed by atoms with Gasteiger partial charge in [0.05, 0.1) is 9.75 Å². The summed E-state index contributed by atoms with van der Waals surface area (Å²) in [5.41, 5.74) is 0. The smallest absolute Gasteiger partial charge is 0.325 e. The van der Waals surface area contributed by atoms with Crippen LogP contribution in [0.2, 0.25) is 0 Å². The highest BCUT2D eigenvalue weighted by molar-refractivity contribution is 7.12. The molecule has 2 amide bonds. The molecule has 0 aliphatic carbocycles. The third-order valence-corrected chi connectivity index (χ3v) is 4.80. The van der Waals surface area contributed by atoms with Crippen molar-refractivity contribution in [3.63, 3.8) is 0 Å². The Morgan fingerprint density at radius 3 is 1.54 bits per heavy atom. The highest BCUT2D eigenvalue weighted by atomic mass is 32.1. The van der Waals surface area contributed by atoms with Gasteiger partial charge in [0.2, 0.25) is 5.78 Å². The van der Waals surface area contributed by atoms with Gasteiger partial charge >= 0.3 is 11.9 Å². The van der Waals surface area contributed by atoms with E-state index in [0.717, 1.165) is 0 Å². The van der Waals surface area contributed by atoms with E-state index in [1.165, 1.54) is 22.7 Å². The first-order valence-corrected chi connectivity index (χ1v) is 9.68. The van der Waals surface area contributed by atoms with Gasteiger partial charge in [-0.25, -0.2) is 0 Å². The van der Waals surface area contributed by atoms with Crippen molar-refractivity contribution in [1.82, 2.24) is 10.6 Å². The van der Waals surface area contributed by atoms with Gasteiger partial charge in [-0.3, -0.25) is 24.0 Å². The van der Waals surface area contributed by atoms with Crippen molar-refractivity contribution in [2.24, 2.45) is 0 Å². The zero-order valence-corrected chi connectivity index (χ0v) is 16.1. The Bertz CT molecular complexity index is 764. The summed E-state index contributed by atoms with van der Waals surface area (Å²) in [6.07, 6.45) is 0. The van der Waals surface area contributed by atoms with Gasteiger partial charge in [-0.1, -0.05) is 12.1 Å². The van der Waals surface area contributed by atoms with Gasteiger partial charge in [0.25, 0.3) is 11.8 Å². The molecule has 0 bridgehead atoms. The summed E-state index contributed by atoms with van der Waals surface area (Å²) in [6.45, 7) is -1.97. The van der Waals surface area contributed by atoms with Crippen LogP contribution in [0, 0.1) is 0 Å². The first kappa shape index (κ1) is 21.3. The second-order valence-electron chi connectivity index (χ2n) is 5.18. The van der Waals surface area contributed by atoms with Gasteiger partial charge in [0.15, 0.2) is 13.2 Å². The molecule has 2 heterocycles. The number of thiophene rings is 2. The maximum absolute atomic E-state index is 11.6. The molecule has 2 N–H and O–H groups in total. The van der Waals surface area contributed by atoms with Gasteiger partial charge in [-0.2, -0.15) is 0 Å². The Balaban J connectivity index is 1.56. The molecule has 0 aromatic carbocycles. The molecule has 0 spiro atoms.